The standard InChI is InChI=1S/C15H12N4O2/c16-10-5-3-9(4-6-10)14(20)19-15(21)13-8-12-11(18-13)2-1-7-17-12/h1-8,18H,16H2,(H,19,20,21). The predicted molar refractivity (Wildman–Crippen MR) is 78.7 cm³/mol. The number of fused-ring (bicyclic) bond motifs is 1. The number of nitrogen functional groups attached to an aromatic ring is 1. The molecule has 0 unspecified atom stereocenters. The van der Waals surface area contributed by atoms with Gasteiger partial charge in [0.1, 0.15) is 5.69 Å². The minimum absolute atomic E-state index is 0.285. The van der Waals surface area contributed by atoms with Crippen molar-refractivity contribution in [3.8, 4) is 0 Å². The van der Waals surface area contributed by atoms with Gasteiger partial charge < -0.3 is 10.7 Å². The molecule has 21 heavy (non-hydrogen) atoms. The number of amides is 2. The van der Waals surface area contributed by atoms with Crippen molar-refractivity contribution >= 4 is 28.5 Å². The Morgan fingerprint density at radius 2 is 1.86 bits per heavy atom. The Morgan fingerprint density at radius 1 is 1.10 bits per heavy atom. The van der Waals surface area contributed by atoms with E-state index >= 15 is 0 Å². The Morgan fingerprint density at radius 3 is 2.57 bits per heavy atom. The fourth-order valence-corrected chi connectivity index (χ4v) is 1.96. The summed E-state index contributed by atoms with van der Waals surface area (Å²) in [7, 11) is 0. The predicted octanol–water partition coefficient (Wildman–Crippen LogP) is 1.72. The first-order valence-electron chi connectivity index (χ1n) is 6.28. The van der Waals surface area contributed by atoms with Crippen LogP contribution in [0.15, 0.2) is 48.7 Å². The van der Waals surface area contributed by atoms with Crippen molar-refractivity contribution in [3.63, 3.8) is 0 Å². The van der Waals surface area contributed by atoms with Crippen LogP contribution in [0.2, 0.25) is 0 Å². The van der Waals surface area contributed by atoms with Gasteiger partial charge in [-0.15, -0.1) is 0 Å². The Hall–Kier alpha value is -3.15. The second-order valence-electron chi connectivity index (χ2n) is 4.52. The van der Waals surface area contributed by atoms with Crippen LogP contribution in [0.1, 0.15) is 20.8 Å². The summed E-state index contributed by atoms with van der Waals surface area (Å²) < 4.78 is 0. The fourth-order valence-electron chi connectivity index (χ4n) is 1.96. The van der Waals surface area contributed by atoms with E-state index in [0.717, 1.165) is 5.52 Å². The van der Waals surface area contributed by atoms with E-state index in [0.29, 0.717) is 16.8 Å². The number of hydrogen-bond acceptors (Lipinski definition) is 4. The van der Waals surface area contributed by atoms with Crippen LogP contribution >= 0.6 is 0 Å². The van der Waals surface area contributed by atoms with Crippen molar-refractivity contribution in [1.82, 2.24) is 15.3 Å². The molecule has 3 rings (SSSR count). The normalized spacial score (nSPS) is 10.5. The Bertz CT molecular complexity index is 788. The molecule has 0 saturated heterocycles. The molecule has 0 fully saturated rings. The van der Waals surface area contributed by atoms with E-state index in [1.807, 2.05) is 0 Å². The van der Waals surface area contributed by atoms with Crippen LogP contribution in [0, 0.1) is 0 Å². The quantitative estimate of drug-likeness (QED) is 0.491. The number of rotatable bonds is 2. The summed E-state index contributed by atoms with van der Waals surface area (Å²) in [5.74, 6) is -0.985. The van der Waals surface area contributed by atoms with E-state index in [1.54, 1.807) is 48.7 Å². The molecule has 0 aliphatic rings. The van der Waals surface area contributed by atoms with Gasteiger partial charge in [0.2, 0.25) is 0 Å². The lowest BCUT2D eigenvalue weighted by Gasteiger charge is -2.03. The summed E-state index contributed by atoms with van der Waals surface area (Å²) in [6.45, 7) is 0. The lowest BCUT2D eigenvalue weighted by atomic mass is 10.2. The zero-order chi connectivity index (χ0) is 14.8. The van der Waals surface area contributed by atoms with Gasteiger partial charge in [0.15, 0.2) is 0 Å². The molecule has 0 spiro atoms. The van der Waals surface area contributed by atoms with Crippen molar-refractivity contribution in [2.45, 2.75) is 0 Å². The number of H-pyrrole nitrogens is 1. The van der Waals surface area contributed by atoms with Crippen LogP contribution in [0.25, 0.3) is 11.0 Å². The number of aromatic nitrogens is 2. The van der Waals surface area contributed by atoms with Gasteiger partial charge in [0.05, 0.1) is 11.0 Å². The molecule has 0 aliphatic carbocycles. The number of pyridine rings is 1. The number of carbonyl (C=O) groups is 2. The van der Waals surface area contributed by atoms with Crippen molar-refractivity contribution in [2.24, 2.45) is 0 Å². The second kappa shape index (κ2) is 5.09. The highest BCUT2D eigenvalue weighted by atomic mass is 16.2. The van der Waals surface area contributed by atoms with Crippen molar-refractivity contribution < 1.29 is 9.59 Å². The number of carbonyl (C=O) groups excluding carboxylic acids is 2. The number of nitrogens with one attached hydrogen (secondary N) is 2. The molecule has 2 amide bonds. The number of hydrogen-bond donors (Lipinski definition) is 3. The molecule has 6 nitrogen and oxygen atoms in total. The first kappa shape index (κ1) is 12.9. The van der Waals surface area contributed by atoms with E-state index in [-0.39, 0.29) is 5.69 Å². The van der Waals surface area contributed by atoms with Crippen LogP contribution in [-0.2, 0) is 0 Å². The Labute approximate surface area is 120 Å². The SMILES string of the molecule is Nc1ccc(C(=O)NC(=O)c2cc3ncccc3[nH]2)cc1. The first-order valence-corrected chi connectivity index (χ1v) is 6.28. The molecule has 2 heterocycles. The van der Waals surface area contributed by atoms with E-state index in [9.17, 15) is 9.59 Å². The molecule has 0 aliphatic heterocycles. The topological polar surface area (TPSA) is 101 Å². The monoisotopic (exact) mass is 280 g/mol. The van der Waals surface area contributed by atoms with Crippen LogP contribution in [0.5, 0.6) is 0 Å². The molecule has 0 atom stereocenters. The smallest absolute Gasteiger partial charge is 0.274 e. The maximum atomic E-state index is 12.0. The van der Waals surface area contributed by atoms with Crippen LogP contribution in [-0.4, -0.2) is 21.8 Å². The third kappa shape index (κ3) is 2.59. The summed E-state index contributed by atoms with van der Waals surface area (Å²) >= 11 is 0. The zero-order valence-corrected chi connectivity index (χ0v) is 11.0. The number of imide groups is 1. The molecular weight excluding hydrogens is 268 g/mol. The molecular formula is C15H12N4O2. The van der Waals surface area contributed by atoms with Gasteiger partial charge in [-0.05, 0) is 42.5 Å². The maximum absolute atomic E-state index is 12.0. The largest absolute Gasteiger partial charge is 0.399 e. The Balaban J connectivity index is 1.79. The Kier molecular flexibility index (Phi) is 3.12. The number of benzene rings is 1. The van der Waals surface area contributed by atoms with Crippen molar-refractivity contribution in [2.75, 3.05) is 5.73 Å². The summed E-state index contributed by atoms with van der Waals surface area (Å²) in [5, 5.41) is 2.32. The average Bonchev–Trinajstić information content (AvgIpc) is 2.92. The van der Waals surface area contributed by atoms with Crippen LogP contribution in [0.3, 0.4) is 0 Å². The third-order valence-electron chi connectivity index (χ3n) is 3.03. The molecule has 2 aromatic heterocycles. The molecule has 0 saturated carbocycles. The summed E-state index contributed by atoms with van der Waals surface area (Å²) in [5.41, 5.74) is 8.17. The van der Waals surface area contributed by atoms with Gasteiger partial charge in [-0.2, -0.15) is 0 Å². The minimum atomic E-state index is -0.505. The van der Waals surface area contributed by atoms with E-state index in [2.05, 4.69) is 15.3 Å². The van der Waals surface area contributed by atoms with Gasteiger partial charge >= 0.3 is 0 Å². The number of nitrogens with two attached hydrogens (primary N) is 1. The number of aromatic amines is 1. The highest BCUT2D eigenvalue weighted by molar-refractivity contribution is 6.10. The third-order valence-corrected chi connectivity index (χ3v) is 3.03. The van der Waals surface area contributed by atoms with Crippen molar-refractivity contribution in [3.05, 3.63) is 59.9 Å². The molecule has 3 aromatic rings. The van der Waals surface area contributed by atoms with E-state index < -0.39 is 11.8 Å². The summed E-state index contributed by atoms with van der Waals surface area (Å²) in [6, 6.07) is 11.5. The number of nitrogens with zero attached hydrogens (tertiary/aromatic N) is 1. The minimum Gasteiger partial charge on any atom is -0.399 e. The van der Waals surface area contributed by atoms with Crippen LogP contribution in [0.4, 0.5) is 5.69 Å². The molecule has 6 heteroatoms. The van der Waals surface area contributed by atoms with Crippen molar-refractivity contribution in [1.29, 1.82) is 0 Å². The van der Waals surface area contributed by atoms with Crippen LogP contribution < -0.4 is 11.1 Å². The highest BCUT2D eigenvalue weighted by Crippen LogP contribution is 2.12. The van der Waals surface area contributed by atoms with Gasteiger partial charge in [-0.25, -0.2) is 0 Å². The summed E-state index contributed by atoms with van der Waals surface area (Å²) in [6.07, 6.45) is 1.64. The number of anilines is 1. The second-order valence-corrected chi connectivity index (χ2v) is 4.52. The first-order chi connectivity index (χ1) is 10.1. The zero-order valence-electron chi connectivity index (χ0n) is 11.0. The highest BCUT2D eigenvalue weighted by Gasteiger charge is 2.14. The molecule has 4 N–H and O–H groups in total. The van der Waals surface area contributed by atoms with Gasteiger partial charge in [0, 0.05) is 17.4 Å². The van der Waals surface area contributed by atoms with E-state index in [4.69, 9.17) is 5.73 Å². The fraction of sp³-hybridized carbons (Fsp3) is 0. The van der Waals surface area contributed by atoms with E-state index in [1.165, 1.54) is 0 Å². The molecule has 1 aromatic carbocycles. The van der Waals surface area contributed by atoms with Gasteiger partial charge in [-0.1, -0.05) is 0 Å². The summed E-state index contributed by atoms with van der Waals surface area (Å²) in [4.78, 5) is 31.0. The molecule has 104 valence electrons. The lowest BCUT2D eigenvalue weighted by molar-refractivity contribution is 0.0847. The van der Waals surface area contributed by atoms with Gasteiger partial charge in [-0.3, -0.25) is 19.9 Å². The average molecular weight is 280 g/mol. The maximum Gasteiger partial charge on any atom is 0.274 e. The molecule has 0 bridgehead atoms. The lowest BCUT2D eigenvalue weighted by Crippen LogP contribution is -2.30. The van der Waals surface area contributed by atoms with Gasteiger partial charge in [0.25, 0.3) is 11.8 Å². The molecule has 0 radical (unpaired) electrons.